The molecule has 8 nitrogen and oxygen atoms in total. The van der Waals surface area contributed by atoms with Crippen LogP contribution in [-0.2, 0) is 19.1 Å². The van der Waals surface area contributed by atoms with E-state index in [0.29, 0.717) is 0 Å². The molecule has 0 heterocycles. The molecule has 0 aliphatic carbocycles. The number of methoxy groups -OCH3 is 2. The maximum absolute atomic E-state index is 11.5. The Balaban J connectivity index is 3.14. The van der Waals surface area contributed by atoms with E-state index in [2.05, 4.69) is 14.8 Å². The maximum Gasteiger partial charge on any atom is 0.354 e. The number of benzene rings is 1. The molecule has 1 aromatic carbocycles. The quantitative estimate of drug-likeness (QED) is 0.374. The molecule has 0 saturated heterocycles. The standard InChI is InChI=1S/C12H12N2O6/c1-19-11(15)7-9(12(16)20-2)13-8-5-3-4-6-10(8)14(17)18/h3-7,13H,1-2H3. The van der Waals surface area contributed by atoms with Gasteiger partial charge in [0.2, 0.25) is 0 Å². The molecule has 8 heteroatoms. The Kier molecular flexibility index (Phi) is 5.21. The predicted octanol–water partition coefficient (Wildman–Crippen LogP) is 1.24. The third-order valence-electron chi connectivity index (χ3n) is 2.24. The van der Waals surface area contributed by atoms with E-state index in [1.807, 2.05) is 0 Å². The van der Waals surface area contributed by atoms with Gasteiger partial charge in [-0.25, -0.2) is 9.59 Å². The lowest BCUT2D eigenvalue weighted by Crippen LogP contribution is -2.16. The molecular weight excluding hydrogens is 268 g/mol. The second kappa shape index (κ2) is 6.88. The van der Waals surface area contributed by atoms with Crippen LogP contribution in [0.2, 0.25) is 0 Å². The van der Waals surface area contributed by atoms with Gasteiger partial charge in [0, 0.05) is 6.07 Å². The highest BCUT2D eigenvalue weighted by molar-refractivity contribution is 5.99. The number of nitro groups is 1. The molecule has 106 valence electrons. The molecule has 0 spiro atoms. The summed E-state index contributed by atoms with van der Waals surface area (Å²) < 4.78 is 8.88. The minimum Gasteiger partial charge on any atom is -0.466 e. The van der Waals surface area contributed by atoms with Gasteiger partial charge in [0.1, 0.15) is 11.4 Å². The van der Waals surface area contributed by atoms with Crippen molar-refractivity contribution in [3.63, 3.8) is 0 Å². The first kappa shape index (κ1) is 15.2. The topological polar surface area (TPSA) is 108 Å². The maximum atomic E-state index is 11.5. The zero-order valence-electron chi connectivity index (χ0n) is 10.8. The average Bonchev–Trinajstić information content (AvgIpc) is 2.45. The van der Waals surface area contributed by atoms with Crippen LogP contribution in [0.5, 0.6) is 0 Å². The van der Waals surface area contributed by atoms with Gasteiger partial charge in [0.15, 0.2) is 0 Å². The molecule has 0 saturated carbocycles. The van der Waals surface area contributed by atoms with Crippen molar-refractivity contribution in [3.05, 3.63) is 46.2 Å². The lowest BCUT2D eigenvalue weighted by Gasteiger charge is -2.09. The Morgan fingerprint density at radius 3 is 2.45 bits per heavy atom. The fraction of sp³-hybridized carbons (Fsp3) is 0.167. The molecule has 1 N–H and O–H groups in total. The van der Waals surface area contributed by atoms with Crippen molar-refractivity contribution in [2.24, 2.45) is 0 Å². The summed E-state index contributed by atoms with van der Waals surface area (Å²) in [5, 5.41) is 13.3. The molecule has 0 aromatic heterocycles. The fourth-order valence-electron chi connectivity index (χ4n) is 1.32. The number of hydrogen-bond donors (Lipinski definition) is 1. The van der Waals surface area contributed by atoms with E-state index in [4.69, 9.17) is 0 Å². The van der Waals surface area contributed by atoms with Crippen LogP contribution in [0.25, 0.3) is 0 Å². The largest absolute Gasteiger partial charge is 0.466 e. The Morgan fingerprint density at radius 1 is 1.25 bits per heavy atom. The summed E-state index contributed by atoms with van der Waals surface area (Å²) in [5.41, 5.74) is -0.459. The number of nitro benzene ring substituents is 1. The van der Waals surface area contributed by atoms with Crippen molar-refractivity contribution in [2.45, 2.75) is 0 Å². The monoisotopic (exact) mass is 280 g/mol. The number of para-hydroxylation sites is 2. The first-order chi connectivity index (χ1) is 9.49. The molecule has 0 aliphatic rings. The molecule has 0 fully saturated rings. The zero-order chi connectivity index (χ0) is 15.1. The first-order valence-corrected chi connectivity index (χ1v) is 5.38. The van der Waals surface area contributed by atoms with Crippen LogP contribution in [0.1, 0.15) is 0 Å². The van der Waals surface area contributed by atoms with E-state index >= 15 is 0 Å². The van der Waals surface area contributed by atoms with E-state index in [1.165, 1.54) is 18.2 Å². The zero-order valence-corrected chi connectivity index (χ0v) is 10.8. The van der Waals surface area contributed by atoms with Crippen molar-refractivity contribution in [1.82, 2.24) is 0 Å². The van der Waals surface area contributed by atoms with E-state index < -0.39 is 16.9 Å². The van der Waals surface area contributed by atoms with Crippen LogP contribution in [-0.4, -0.2) is 31.1 Å². The third kappa shape index (κ3) is 3.80. The van der Waals surface area contributed by atoms with Crippen LogP contribution in [0, 0.1) is 10.1 Å². The highest BCUT2D eigenvalue weighted by Crippen LogP contribution is 2.24. The Morgan fingerprint density at radius 2 is 1.90 bits per heavy atom. The van der Waals surface area contributed by atoms with E-state index in [1.54, 1.807) is 6.07 Å². The lowest BCUT2D eigenvalue weighted by atomic mass is 10.2. The van der Waals surface area contributed by atoms with Crippen molar-refractivity contribution in [3.8, 4) is 0 Å². The minimum absolute atomic E-state index is 0.0538. The summed E-state index contributed by atoms with van der Waals surface area (Å²) in [4.78, 5) is 32.9. The predicted molar refractivity (Wildman–Crippen MR) is 68.8 cm³/mol. The van der Waals surface area contributed by atoms with Gasteiger partial charge >= 0.3 is 11.9 Å². The van der Waals surface area contributed by atoms with Crippen molar-refractivity contribution in [1.29, 1.82) is 0 Å². The normalized spacial score (nSPS) is 10.6. The Bertz CT molecular complexity index is 567. The number of esters is 2. The van der Waals surface area contributed by atoms with Gasteiger partial charge in [0.05, 0.1) is 25.2 Å². The number of hydrogen-bond acceptors (Lipinski definition) is 7. The van der Waals surface area contributed by atoms with Crippen molar-refractivity contribution < 1.29 is 24.0 Å². The third-order valence-corrected chi connectivity index (χ3v) is 2.24. The first-order valence-electron chi connectivity index (χ1n) is 5.38. The second-order valence-electron chi connectivity index (χ2n) is 3.47. The van der Waals surface area contributed by atoms with Gasteiger partial charge < -0.3 is 14.8 Å². The Hall–Kier alpha value is -2.90. The SMILES string of the molecule is COC(=O)C=C(Nc1ccccc1[N+](=O)[O-])C(=O)OC. The van der Waals surface area contributed by atoms with Gasteiger partial charge in [-0.1, -0.05) is 12.1 Å². The highest BCUT2D eigenvalue weighted by atomic mass is 16.6. The molecule has 0 atom stereocenters. The van der Waals surface area contributed by atoms with Gasteiger partial charge in [-0.2, -0.15) is 0 Å². The molecule has 0 amide bonds. The number of anilines is 1. The number of carbonyl (C=O) groups excluding carboxylic acids is 2. The summed E-state index contributed by atoms with van der Waals surface area (Å²) in [5.74, 6) is -1.65. The van der Waals surface area contributed by atoms with Crippen LogP contribution < -0.4 is 5.32 Å². The molecule has 0 radical (unpaired) electrons. The Labute approximate surface area is 114 Å². The summed E-state index contributed by atoms with van der Waals surface area (Å²) in [7, 11) is 2.26. The smallest absolute Gasteiger partial charge is 0.354 e. The second-order valence-corrected chi connectivity index (χ2v) is 3.47. The number of ether oxygens (including phenoxy) is 2. The van der Waals surface area contributed by atoms with Crippen LogP contribution in [0.15, 0.2) is 36.0 Å². The summed E-state index contributed by atoms with van der Waals surface area (Å²) in [6.07, 6.45) is 0.850. The molecular formula is C12H12N2O6. The summed E-state index contributed by atoms with van der Waals surface area (Å²) >= 11 is 0. The summed E-state index contributed by atoms with van der Waals surface area (Å²) in [6, 6.07) is 5.68. The van der Waals surface area contributed by atoms with Gasteiger partial charge in [-0.15, -0.1) is 0 Å². The number of nitrogens with zero attached hydrogens (tertiary/aromatic N) is 1. The van der Waals surface area contributed by atoms with Crippen molar-refractivity contribution in [2.75, 3.05) is 19.5 Å². The molecule has 1 rings (SSSR count). The summed E-state index contributed by atoms with van der Waals surface area (Å²) in [6.45, 7) is 0. The number of rotatable bonds is 5. The van der Waals surface area contributed by atoms with Crippen LogP contribution in [0.4, 0.5) is 11.4 Å². The van der Waals surface area contributed by atoms with Crippen LogP contribution >= 0.6 is 0 Å². The lowest BCUT2D eigenvalue weighted by molar-refractivity contribution is -0.383. The van der Waals surface area contributed by atoms with Crippen molar-refractivity contribution >= 4 is 23.3 Å². The van der Waals surface area contributed by atoms with E-state index in [-0.39, 0.29) is 17.1 Å². The van der Waals surface area contributed by atoms with Gasteiger partial charge in [-0.3, -0.25) is 10.1 Å². The molecule has 0 unspecified atom stereocenters. The number of carbonyl (C=O) groups is 2. The average molecular weight is 280 g/mol. The van der Waals surface area contributed by atoms with Gasteiger partial charge in [-0.05, 0) is 6.07 Å². The van der Waals surface area contributed by atoms with Crippen LogP contribution in [0.3, 0.4) is 0 Å². The minimum atomic E-state index is -0.853. The molecule has 1 aromatic rings. The van der Waals surface area contributed by atoms with E-state index in [9.17, 15) is 19.7 Å². The highest BCUT2D eigenvalue weighted by Gasteiger charge is 2.18. The molecule has 20 heavy (non-hydrogen) atoms. The van der Waals surface area contributed by atoms with Gasteiger partial charge in [0.25, 0.3) is 5.69 Å². The molecule has 0 aliphatic heterocycles. The number of nitrogens with one attached hydrogen (secondary N) is 1. The fourth-order valence-corrected chi connectivity index (χ4v) is 1.32. The molecule has 0 bridgehead atoms. The van der Waals surface area contributed by atoms with E-state index in [0.717, 1.165) is 20.3 Å².